The van der Waals surface area contributed by atoms with Crippen LogP contribution in [0.25, 0.3) is 0 Å². The van der Waals surface area contributed by atoms with Gasteiger partial charge in [-0.15, -0.1) is 0 Å². The summed E-state index contributed by atoms with van der Waals surface area (Å²) in [4.78, 5) is 26.3. The molecule has 180 valence electrons. The van der Waals surface area contributed by atoms with Crippen molar-refractivity contribution in [2.45, 2.75) is 104 Å². The number of hydrogen-bond acceptors (Lipinski definition) is 5. The van der Waals surface area contributed by atoms with E-state index in [2.05, 4.69) is 24.5 Å². The zero-order chi connectivity index (χ0) is 24.1. The Kier molecular flexibility index (Phi) is 8.57. The van der Waals surface area contributed by atoms with E-state index in [0.29, 0.717) is 5.69 Å². The number of nitrogens with one attached hydrogen (secondary N) is 2. The summed E-state index contributed by atoms with van der Waals surface area (Å²) >= 11 is 0. The number of anilines is 1. The van der Waals surface area contributed by atoms with Crippen molar-refractivity contribution in [3.8, 4) is 0 Å². The summed E-state index contributed by atoms with van der Waals surface area (Å²) in [5.74, 6) is 0. The summed E-state index contributed by atoms with van der Waals surface area (Å²) in [6.07, 6.45) is 2.22. The summed E-state index contributed by atoms with van der Waals surface area (Å²) in [5, 5.41) is 6.39. The van der Waals surface area contributed by atoms with E-state index in [9.17, 15) is 9.59 Å². The van der Waals surface area contributed by atoms with Gasteiger partial charge in [-0.2, -0.15) is 0 Å². The maximum atomic E-state index is 12.5. The second-order valence-corrected chi connectivity index (χ2v) is 10.7. The highest BCUT2D eigenvalue weighted by Crippen LogP contribution is 2.25. The van der Waals surface area contributed by atoms with Gasteiger partial charge in [-0.05, 0) is 92.3 Å². The van der Waals surface area contributed by atoms with E-state index in [4.69, 9.17) is 9.47 Å². The van der Waals surface area contributed by atoms with Gasteiger partial charge in [0.15, 0.2) is 0 Å². The van der Waals surface area contributed by atoms with Crippen LogP contribution in [0.15, 0.2) is 24.3 Å². The number of likely N-dealkylation sites (tertiary alicyclic amines) is 1. The molecule has 7 nitrogen and oxygen atoms in total. The second kappa shape index (κ2) is 10.6. The normalized spacial score (nSPS) is 18.8. The van der Waals surface area contributed by atoms with Crippen molar-refractivity contribution in [1.82, 2.24) is 10.2 Å². The van der Waals surface area contributed by atoms with Crippen molar-refractivity contribution < 1.29 is 19.1 Å². The number of benzene rings is 1. The minimum absolute atomic E-state index is 0.136. The van der Waals surface area contributed by atoms with Gasteiger partial charge in [0.1, 0.15) is 11.2 Å². The van der Waals surface area contributed by atoms with E-state index >= 15 is 0 Å². The smallest absolute Gasteiger partial charge is 0.412 e. The number of hydrogen-bond donors (Lipinski definition) is 2. The van der Waals surface area contributed by atoms with Gasteiger partial charge >= 0.3 is 12.2 Å². The Balaban J connectivity index is 1.87. The molecule has 1 saturated heterocycles. The molecule has 0 saturated carbocycles. The molecule has 1 aromatic carbocycles. The standard InChI is InChI=1S/C25H41N3O4/c1-17(16-21-10-9-15-28(21)23(30)32-25(6,7)8)26-18(2)19-11-13-20(14-12-19)27-22(29)31-24(3,4)5/h11-14,17-18,21,26H,9-10,15-16H2,1-8H3,(H,27,29). The lowest BCUT2D eigenvalue weighted by atomic mass is 10.0. The fourth-order valence-corrected chi connectivity index (χ4v) is 3.92. The van der Waals surface area contributed by atoms with Crippen LogP contribution in [0, 0.1) is 0 Å². The fourth-order valence-electron chi connectivity index (χ4n) is 3.92. The molecule has 1 fully saturated rings. The van der Waals surface area contributed by atoms with Crippen molar-refractivity contribution in [3.05, 3.63) is 29.8 Å². The summed E-state index contributed by atoms with van der Waals surface area (Å²) in [7, 11) is 0. The number of rotatable bonds is 6. The number of carbonyl (C=O) groups is 2. The number of nitrogens with zero attached hydrogens (tertiary/aromatic N) is 1. The van der Waals surface area contributed by atoms with E-state index in [1.165, 1.54) is 0 Å². The van der Waals surface area contributed by atoms with Crippen LogP contribution in [0.4, 0.5) is 15.3 Å². The molecule has 0 radical (unpaired) electrons. The Bertz CT molecular complexity index is 765. The van der Waals surface area contributed by atoms with Gasteiger partial charge in [-0.3, -0.25) is 5.32 Å². The first-order chi connectivity index (χ1) is 14.7. The summed E-state index contributed by atoms with van der Waals surface area (Å²) in [6, 6.07) is 8.32. The van der Waals surface area contributed by atoms with Gasteiger partial charge < -0.3 is 19.7 Å². The molecule has 2 rings (SSSR count). The molecule has 3 unspecified atom stereocenters. The van der Waals surface area contributed by atoms with Crippen LogP contribution in [0.1, 0.15) is 86.3 Å². The number of amides is 2. The molecule has 1 aliphatic rings. The van der Waals surface area contributed by atoms with Crippen LogP contribution in [0.2, 0.25) is 0 Å². The van der Waals surface area contributed by atoms with Crippen LogP contribution in [-0.4, -0.2) is 46.9 Å². The molecule has 32 heavy (non-hydrogen) atoms. The van der Waals surface area contributed by atoms with E-state index in [-0.39, 0.29) is 24.2 Å². The van der Waals surface area contributed by atoms with E-state index in [1.807, 2.05) is 70.7 Å². The molecular weight excluding hydrogens is 406 g/mol. The average molecular weight is 448 g/mol. The second-order valence-electron chi connectivity index (χ2n) is 10.7. The molecule has 3 atom stereocenters. The largest absolute Gasteiger partial charge is 0.444 e. The molecule has 1 aliphatic heterocycles. The van der Waals surface area contributed by atoms with Crippen molar-refractivity contribution >= 4 is 17.9 Å². The monoisotopic (exact) mass is 447 g/mol. The highest BCUT2D eigenvalue weighted by molar-refractivity contribution is 5.84. The lowest BCUT2D eigenvalue weighted by Crippen LogP contribution is -2.42. The van der Waals surface area contributed by atoms with Crippen LogP contribution >= 0.6 is 0 Å². The van der Waals surface area contributed by atoms with Gasteiger partial charge in [0.25, 0.3) is 0 Å². The third-order valence-corrected chi connectivity index (χ3v) is 5.22. The average Bonchev–Trinajstić information content (AvgIpc) is 3.07. The minimum Gasteiger partial charge on any atom is -0.444 e. The zero-order valence-electron chi connectivity index (χ0n) is 21.0. The topological polar surface area (TPSA) is 79.9 Å². The third kappa shape index (κ3) is 8.69. The zero-order valence-corrected chi connectivity index (χ0v) is 21.0. The first-order valence-corrected chi connectivity index (χ1v) is 11.6. The summed E-state index contributed by atoms with van der Waals surface area (Å²) in [5.41, 5.74) is 0.814. The maximum Gasteiger partial charge on any atom is 0.412 e. The SMILES string of the molecule is CC(CC1CCCN1C(=O)OC(C)(C)C)NC(C)c1ccc(NC(=O)OC(C)(C)C)cc1. The predicted octanol–water partition coefficient (Wildman–Crippen LogP) is 5.86. The van der Waals surface area contributed by atoms with Crippen LogP contribution in [0.5, 0.6) is 0 Å². The van der Waals surface area contributed by atoms with Crippen molar-refractivity contribution in [1.29, 1.82) is 0 Å². The lowest BCUT2D eigenvalue weighted by molar-refractivity contribution is 0.0213. The van der Waals surface area contributed by atoms with Gasteiger partial charge in [-0.25, -0.2) is 9.59 Å². The van der Waals surface area contributed by atoms with E-state index < -0.39 is 17.3 Å². The van der Waals surface area contributed by atoms with Gasteiger partial charge in [0, 0.05) is 30.4 Å². The third-order valence-electron chi connectivity index (χ3n) is 5.22. The number of ether oxygens (including phenoxy) is 2. The van der Waals surface area contributed by atoms with Crippen molar-refractivity contribution in [2.75, 3.05) is 11.9 Å². The van der Waals surface area contributed by atoms with E-state index in [0.717, 1.165) is 31.4 Å². The molecule has 7 heteroatoms. The Morgan fingerprint density at radius 3 is 2.19 bits per heavy atom. The highest BCUT2D eigenvalue weighted by Gasteiger charge is 2.33. The molecule has 2 amide bonds. The molecule has 0 aliphatic carbocycles. The van der Waals surface area contributed by atoms with Gasteiger partial charge in [-0.1, -0.05) is 12.1 Å². The molecule has 2 N–H and O–H groups in total. The Morgan fingerprint density at radius 1 is 1.03 bits per heavy atom. The molecule has 1 heterocycles. The Labute approximate surface area is 193 Å². The molecule has 0 spiro atoms. The molecule has 1 aromatic rings. The van der Waals surface area contributed by atoms with Crippen molar-refractivity contribution in [2.24, 2.45) is 0 Å². The quantitative estimate of drug-likeness (QED) is 0.571. The summed E-state index contributed by atoms with van der Waals surface area (Å²) in [6.45, 7) is 16.2. The molecular formula is C25H41N3O4. The van der Waals surface area contributed by atoms with Crippen molar-refractivity contribution in [3.63, 3.8) is 0 Å². The predicted molar refractivity (Wildman–Crippen MR) is 128 cm³/mol. The molecule has 0 aromatic heterocycles. The van der Waals surface area contributed by atoms with E-state index in [1.54, 1.807) is 0 Å². The van der Waals surface area contributed by atoms with Gasteiger partial charge in [0.2, 0.25) is 0 Å². The Morgan fingerprint density at radius 2 is 1.62 bits per heavy atom. The van der Waals surface area contributed by atoms with Crippen LogP contribution in [-0.2, 0) is 9.47 Å². The minimum atomic E-state index is -0.531. The first-order valence-electron chi connectivity index (χ1n) is 11.6. The molecule has 0 bridgehead atoms. The Hall–Kier alpha value is -2.28. The lowest BCUT2D eigenvalue weighted by Gasteiger charge is -2.31. The first kappa shape index (κ1) is 26.0. The maximum absolute atomic E-state index is 12.5. The fraction of sp³-hybridized carbons (Fsp3) is 0.680. The summed E-state index contributed by atoms with van der Waals surface area (Å²) < 4.78 is 10.9. The van der Waals surface area contributed by atoms with Gasteiger partial charge in [0.05, 0.1) is 0 Å². The van der Waals surface area contributed by atoms with Crippen LogP contribution in [0.3, 0.4) is 0 Å². The highest BCUT2D eigenvalue weighted by atomic mass is 16.6. The van der Waals surface area contributed by atoms with Crippen LogP contribution < -0.4 is 10.6 Å². The number of carbonyl (C=O) groups excluding carboxylic acids is 2.